The molecule has 1 N–H and O–H groups in total. The quantitative estimate of drug-likeness (QED) is 0.256. The summed E-state index contributed by atoms with van der Waals surface area (Å²) in [5.41, 5.74) is 4.58. The monoisotopic (exact) mass is 497 g/mol. The number of benzene rings is 2. The molecule has 3 heterocycles. The van der Waals surface area contributed by atoms with Gasteiger partial charge in [0.05, 0.1) is 5.57 Å². The summed E-state index contributed by atoms with van der Waals surface area (Å²) >= 11 is 1.42. The van der Waals surface area contributed by atoms with E-state index < -0.39 is 0 Å². The van der Waals surface area contributed by atoms with E-state index in [1.54, 1.807) is 0 Å². The van der Waals surface area contributed by atoms with E-state index in [9.17, 15) is 4.79 Å². The predicted molar refractivity (Wildman–Crippen MR) is 151 cm³/mol. The summed E-state index contributed by atoms with van der Waals surface area (Å²) in [5, 5.41) is 17.5. The van der Waals surface area contributed by atoms with Crippen LogP contribution in [0.25, 0.3) is 17.0 Å². The summed E-state index contributed by atoms with van der Waals surface area (Å²) in [6.45, 7) is 5.02. The third-order valence-electron chi connectivity index (χ3n) is 6.74. The van der Waals surface area contributed by atoms with Crippen LogP contribution < -0.4 is 0 Å². The zero-order chi connectivity index (χ0) is 25.1. The molecule has 36 heavy (non-hydrogen) atoms. The maximum absolute atomic E-state index is 13.0. The zero-order valence-electron chi connectivity index (χ0n) is 20.8. The third kappa shape index (κ3) is 4.80. The highest BCUT2D eigenvalue weighted by molar-refractivity contribution is 8.26. The molecule has 0 saturated heterocycles. The molecule has 1 amide bonds. The number of hydrogen-bond donors (Lipinski definition) is 1. The molecule has 0 spiro atoms. The van der Waals surface area contributed by atoms with Crippen LogP contribution in [0, 0.1) is 12.3 Å². The Bertz CT molecular complexity index is 1400. The fourth-order valence-corrected chi connectivity index (χ4v) is 5.69. The summed E-state index contributed by atoms with van der Waals surface area (Å²) in [4.78, 5) is 17.3. The number of amidine groups is 2. The van der Waals surface area contributed by atoms with E-state index in [1.807, 2.05) is 36.4 Å². The van der Waals surface area contributed by atoms with E-state index >= 15 is 0 Å². The Morgan fingerprint density at radius 1 is 1.00 bits per heavy atom. The van der Waals surface area contributed by atoms with Gasteiger partial charge in [-0.15, -0.1) is 0 Å². The molecule has 0 saturated carbocycles. The van der Waals surface area contributed by atoms with Crippen LogP contribution in [-0.2, 0) is 11.3 Å². The van der Waals surface area contributed by atoms with Gasteiger partial charge in [-0.2, -0.15) is 15.1 Å². The van der Waals surface area contributed by atoms with Crippen LogP contribution in [0.3, 0.4) is 0 Å². The normalized spacial score (nSPS) is 16.6. The lowest BCUT2D eigenvalue weighted by Gasteiger charge is -2.20. The number of aromatic nitrogens is 1. The minimum absolute atomic E-state index is 0.0952. The first kappa shape index (κ1) is 24.3. The lowest BCUT2D eigenvalue weighted by Crippen LogP contribution is -2.35. The Balaban J connectivity index is 1.44. The second-order valence-corrected chi connectivity index (χ2v) is 10.3. The Morgan fingerprint density at radius 2 is 1.75 bits per heavy atom. The molecule has 2 aliphatic heterocycles. The number of rotatable bonds is 9. The second kappa shape index (κ2) is 10.7. The molecule has 0 aliphatic carbocycles. The lowest BCUT2D eigenvalue weighted by molar-refractivity contribution is -0.114. The summed E-state index contributed by atoms with van der Waals surface area (Å²) in [7, 11) is 0. The van der Waals surface area contributed by atoms with Crippen molar-refractivity contribution in [2.45, 2.75) is 58.9 Å². The maximum Gasteiger partial charge on any atom is 0.283 e. The Hall–Kier alpha value is -3.45. The number of hydrogen-bond acceptors (Lipinski definition) is 4. The number of carbonyl (C=O) groups is 1. The Morgan fingerprint density at radius 3 is 2.56 bits per heavy atom. The van der Waals surface area contributed by atoms with Crippen LogP contribution in [0.4, 0.5) is 0 Å². The highest BCUT2D eigenvalue weighted by Gasteiger charge is 2.35. The number of hydrazone groups is 1. The van der Waals surface area contributed by atoms with Crippen LogP contribution >= 0.6 is 11.8 Å². The molecular formula is C29H31N5OS. The highest BCUT2D eigenvalue weighted by Crippen LogP contribution is 2.33. The van der Waals surface area contributed by atoms with Gasteiger partial charge in [0, 0.05) is 28.7 Å². The minimum Gasteiger partial charge on any atom is -0.340 e. The highest BCUT2D eigenvalue weighted by atomic mass is 32.2. The van der Waals surface area contributed by atoms with Crippen molar-refractivity contribution in [2.75, 3.05) is 0 Å². The summed E-state index contributed by atoms with van der Waals surface area (Å²) in [5.74, 6) is -0.282. The van der Waals surface area contributed by atoms with Gasteiger partial charge in [0.15, 0.2) is 5.84 Å². The van der Waals surface area contributed by atoms with Crippen LogP contribution in [0.1, 0.15) is 62.3 Å². The minimum atomic E-state index is -0.377. The van der Waals surface area contributed by atoms with Crippen molar-refractivity contribution >= 4 is 50.7 Å². The van der Waals surface area contributed by atoms with Gasteiger partial charge in [-0.25, -0.2) is 0 Å². The fourth-order valence-electron chi connectivity index (χ4n) is 4.77. The SMILES string of the molecule is CCCCCCCC1=NN2C(=N)/C(=C/c3c(C)n(Cc4ccccc4)c4ccccc34)C(=O)N=C2S1. The van der Waals surface area contributed by atoms with Gasteiger partial charge in [0.25, 0.3) is 5.91 Å². The average molecular weight is 498 g/mol. The molecule has 2 aliphatic rings. The number of fused-ring (bicyclic) bond motifs is 2. The van der Waals surface area contributed by atoms with Crippen molar-refractivity contribution in [1.82, 2.24) is 9.58 Å². The number of amides is 1. The van der Waals surface area contributed by atoms with Gasteiger partial charge in [0.2, 0.25) is 5.17 Å². The number of nitrogens with zero attached hydrogens (tertiary/aromatic N) is 4. The first-order valence-corrected chi connectivity index (χ1v) is 13.5. The van der Waals surface area contributed by atoms with Crippen molar-refractivity contribution in [1.29, 1.82) is 5.41 Å². The largest absolute Gasteiger partial charge is 0.340 e. The molecule has 2 aromatic carbocycles. The number of nitrogens with one attached hydrogen (secondary N) is 1. The first-order valence-electron chi connectivity index (χ1n) is 12.7. The Kier molecular flexibility index (Phi) is 7.18. The molecule has 184 valence electrons. The van der Waals surface area contributed by atoms with Crippen molar-refractivity contribution < 1.29 is 4.79 Å². The van der Waals surface area contributed by atoms with Crippen LogP contribution in [-0.4, -0.2) is 31.5 Å². The molecule has 0 bridgehead atoms. The molecule has 0 fully saturated rings. The summed E-state index contributed by atoms with van der Waals surface area (Å²) in [6, 6.07) is 18.6. The Labute approximate surface area is 216 Å². The van der Waals surface area contributed by atoms with E-state index in [2.05, 4.69) is 52.8 Å². The molecule has 0 radical (unpaired) electrons. The van der Waals surface area contributed by atoms with Crippen molar-refractivity contribution in [3.8, 4) is 0 Å². The summed E-state index contributed by atoms with van der Waals surface area (Å²) < 4.78 is 2.27. The molecule has 3 aromatic rings. The van der Waals surface area contributed by atoms with Crippen molar-refractivity contribution in [3.63, 3.8) is 0 Å². The van der Waals surface area contributed by atoms with Gasteiger partial charge >= 0.3 is 0 Å². The standard InChI is InChI=1S/C29H31N5OS/c1-3-4-5-6-10-17-26-32-34-27(30)24(28(35)31-29(34)36-26)18-23-20(2)33(19-21-13-8-7-9-14-21)25-16-12-11-15-22(23)25/h7-9,11-16,18,30H,3-6,10,17,19H2,1-2H3/b24-18-,30-27?. The molecule has 7 heteroatoms. The number of para-hydroxylation sites is 1. The van der Waals surface area contributed by atoms with E-state index in [0.717, 1.165) is 46.6 Å². The molecule has 1 aromatic heterocycles. The molecule has 5 rings (SSSR count). The summed E-state index contributed by atoms with van der Waals surface area (Å²) in [6.07, 6.45) is 8.64. The van der Waals surface area contributed by atoms with Crippen LogP contribution in [0.2, 0.25) is 0 Å². The first-order chi connectivity index (χ1) is 17.6. The number of carbonyl (C=O) groups excluding carboxylic acids is 1. The second-order valence-electron chi connectivity index (χ2n) is 9.27. The molecule has 0 unspecified atom stereocenters. The zero-order valence-corrected chi connectivity index (χ0v) is 21.6. The fraction of sp³-hybridized carbons (Fsp3) is 0.310. The third-order valence-corrected chi connectivity index (χ3v) is 7.71. The van der Waals surface area contributed by atoms with E-state index in [-0.39, 0.29) is 17.3 Å². The van der Waals surface area contributed by atoms with Crippen LogP contribution in [0.15, 0.2) is 70.3 Å². The van der Waals surface area contributed by atoms with E-state index in [1.165, 1.54) is 48.0 Å². The number of thioether (sulfide) groups is 1. The number of unbranched alkanes of at least 4 members (excludes halogenated alkanes) is 4. The van der Waals surface area contributed by atoms with Crippen LogP contribution in [0.5, 0.6) is 0 Å². The topological polar surface area (TPSA) is 73.8 Å². The molecule has 0 atom stereocenters. The average Bonchev–Trinajstić information content (AvgIpc) is 3.41. The lowest BCUT2D eigenvalue weighted by atomic mass is 10.1. The van der Waals surface area contributed by atoms with Crippen molar-refractivity contribution in [2.24, 2.45) is 10.1 Å². The van der Waals surface area contributed by atoms with E-state index in [0.29, 0.717) is 5.17 Å². The molecular weight excluding hydrogens is 466 g/mol. The maximum atomic E-state index is 13.0. The van der Waals surface area contributed by atoms with E-state index in [4.69, 9.17) is 5.41 Å². The van der Waals surface area contributed by atoms with Gasteiger partial charge in [-0.1, -0.05) is 81.1 Å². The van der Waals surface area contributed by atoms with Gasteiger partial charge in [-0.3, -0.25) is 10.2 Å². The predicted octanol–water partition coefficient (Wildman–Crippen LogP) is 6.98. The van der Waals surface area contributed by atoms with Gasteiger partial charge in [0.1, 0.15) is 5.04 Å². The smallest absolute Gasteiger partial charge is 0.283 e. The van der Waals surface area contributed by atoms with Gasteiger partial charge in [-0.05, 0) is 49.2 Å². The van der Waals surface area contributed by atoms with Crippen molar-refractivity contribution in [3.05, 3.63) is 77.0 Å². The van der Waals surface area contributed by atoms with Gasteiger partial charge < -0.3 is 4.57 Å². The number of aliphatic imine (C=N–C) groups is 1. The molecule has 6 nitrogen and oxygen atoms in total.